The molecular formula is C15H24N2O2. The van der Waals surface area contributed by atoms with Gasteiger partial charge in [-0.05, 0) is 50.6 Å². The van der Waals surface area contributed by atoms with Crippen molar-refractivity contribution < 1.29 is 9.84 Å². The number of methoxy groups -OCH3 is 1. The van der Waals surface area contributed by atoms with Gasteiger partial charge in [0.2, 0.25) is 0 Å². The van der Waals surface area contributed by atoms with Crippen LogP contribution in [0.15, 0.2) is 18.2 Å². The Morgan fingerprint density at radius 2 is 2.26 bits per heavy atom. The second kappa shape index (κ2) is 6.78. The minimum Gasteiger partial charge on any atom is -0.508 e. The van der Waals surface area contributed by atoms with Crippen molar-refractivity contribution in [2.45, 2.75) is 38.3 Å². The van der Waals surface area contributed by atoms with Crippen LogP contribution in [0.3, 0.4) is 0 Å². The Bertz CT molecular complexity index is 407. The van der Waals surface area contributed by atoms with E-state index in [1.807, 2.05) is 6.07 Å². The van der Waals surface area contributed by atoms with Crippen LogP contribution in [0.4, 0.5) is 0 Å². The molecule has 1 fully saturated rings. The number of phenols is 1. The normalized spacial score (nSPS) is 20.4. The van der Waals surface area contributed by atoms with Gasteiger partial charge in [0.1, 0.15) is 11.5 Å². The molecule has 1 aliphatic rings. The molecule has 3 N–H and O–H groups in total. The van der Waals surface area contributed by atoms with Crippen molar-refractivity contribution in [3.63, 3.8) is 0 Å². The lowest BCUT2D eigenvalue weighted by atomic mass is 9.98. The minimum absolute atomic E-state index is 0.345. The van der Waals surface area contributed by atoms with E-state index in [0.29, 0.717) is 11.8 Å². The van der Waals surface area contributed by atoms with Gasteiger partial charge >= 0.3 is 0 Å². The van der Waals surface area contributed by atoms with Crippen LogP contribution in [0.5, 0.6) is 11.5 Å². The van der Waals surface area contributed by atoms with Gasteiger partial charge < -0.3 is 15.6 Å². The number of hydrogen-bond donors (Lipinski definition) is 2. The number of hydrogen-bond acceptors (Lipinski definition) is 4. The lowest BCUT2D eigenvalue weighted by Crippen LogP contribution is -2.40. The monoisotopic (exact) mass is 264 g/mol. The van der Waals surface area contributed by atoms with E-state index in [-0.39, 0.29) is 0 Å². The van der Waals surface area contributed by atoms with E-state index in [4.69, 9.17) is 10.5 Å². The summed E-state index contributed by atoms with van der Waals surface area (Å²) in [5, 5.41) is 9.97. The van der Waals surface area contributed by atoms with Crippen molar-refractivity contribution in [2.75, 3.05) is 20.2 Å². The molecule has 4 heteroatoms. The molecule has 19 heavy (non-hydrogen) atoms. The summed E-state index contributed by atoms with van der Waals surface area (Å²) in [5.74, 6) is 1.14. The van der Waals surface area contributed by atoms with Crippen LogP contribution in [-0.2, 0) is 6.54 Å². The Morgan fingerprint density at radius 1 is 1.42 bits per heavy atom. The van der Waals surface area contributed by atoms with Crippen molar-refractivity contribution in [2.24, 2.45) is 5.73 Å². The van der Waals surface area contributed by atoms with Crippen LogP contribution in [0.25, 0.3) is 0 Å². The third-order valence-corrected chi connectivity index (χ3v) is 3.91. The molecule has 0 bridgehead atoms. The van der Waals surface area contributed by atoms with Gasteiger partial charge in [-0.2, -0.15) is 0 Å². The molecule has 2 rings (SSSR count). The zero-order valence-electron chi connectivity index (χ0n) is 11.6. The number of aromatic hydroxyl groups is 1. The Balaban J connectivity index is 2.09. The average molecular weight is 264 g/mol. The van der Waals surface area contributed by atoms with Crippen LogP contribution in [-0.4, -0.2) is 36.2 Å². The van der Waals surface area contributed by atoms with Crippen LogP contribution in [0.1, 0.15) is 31.2 Å². The summed E-state index contributed by atoms with van der Waals surface area (Å²) >= 11 is 0. The van der Waals surface area contributed by atoms with E-state index in [1.165, 1.54) is 19.3 Å². The van der Waals surface area contributed by atoms with E-state index in [2.05, 4.69) is 4.90 Å². The SMILES string of the molecule is COc1ccc(O)c(CN2CCCCC2CCN)c1. The predicted octanol–water partition coefficient (Wildman–Crippen LogP) is 2.10. The number of nitrogens with zero attached hydrogens (tertiary/aromatic N) is 1. The molecule has 1 unspecified atom stereocenters. The number of benzene rings is 1. The summed E-state index contributed by atoms with van der Waals surface area (Å²) in [6.07, 6.45) is 4.75. The molecule has 1 aliphatic heterocycles. The third-order valence-electron chi connectivity index (χ3n) is 3.91. The predicted molar refractivity (Wildman–Crippen MR) is 76.4 cm³/mol. The van der Waals surface area contributed by atoms with Crippen molar-refractivity contribution >= 4 is 0 Å². The highest BCUT2D eigenvalue weighted by Gasteiger charge is 2.22. The lowest BCUT2D eigenvalue weighted by Gasteiger charge is -2.35. The lowest BCUT2D eigenvalue weighted by molar-refractivity contribution is 0.133. The van der Waals surface area contributed by atoms with E-state index in [9.17, 15) is 5.11 Å². The summed E-state index contributed by atoms with van der Waals surface area (Å²) in [4.78, 5) is 2.44. The fraction of sp³-hybridized carbons (Fsp3) is 0.600. The number of likely N-dealkylation sites (tertiary alicyclic amines) is 1. The Kier molecular flexibility index (Phi) is 5.05. The molecular weight excluding hydrogens is 240 g/mol. The zero-order chi connectivity index (χ0) is 13.7. The van der Waals surface area contributed by atoms with Gasteiger partial charge in [0.15, 0.2) is 0 Å². The largest absolute Gasteiger partial charge is 0.508 e. The van der Waals surface area contributed by atoms with Gasteiger partial charge in [-0.3, -0.25) is 4.90 Å². The molecule has 0 saturated carbocycles. The van der Waals surface area contributed by atoms with Crippen molar-refractivity contribution in [3.05, 3.63) is 23.8 Å². The van der Waals surface area contributed by atoms with E-state index < -0.39 is 0 Å². The number of rotatable bonds is 5. The molecule has 1 heterocycles. The van der Waals surface area contributed by atoms with E-state index in [0.717, 1.165) is 37.4 Å². The van der Waals surface area contributed by atoms with Crippen LogP contribution in [0.2, 0.25) is 0 Å². The molecule has 106 valence electrons. The second-order valence-electron chi connectivity index (χ2n) is 5.19. The number of phenolic OH excluding ortho intramolecular Hbond substituents is 1. The number of piperidine rings is 1. The fourth-order valence-electron chi connectivity index (χ4n) is 2.82. The number of ether oxygens (including phenoxy) is 1. The van der Waals surface area contributed by atoms with Gasteiger partial charge in [0, 0.05) is 18.2 Å². The first-order chi connectivity index (χ1) is 9.24. The highest BCUT2D eigenvalue weighted by atomic mass is 16.5. The summed E-state index contributed by atoms with van der Waals surface area (Å²) < 4.78 is 5.22. The smallest absolute Gasteiger partial charge is 0.120 e. The Hall–Kier alpha value is -1.26. The first-order valence-corrected chi connectivity index (χ1v) is 7.04. The van der Waals surface area contributed by atoms with Gasteiger partial charge in [0.05, 0.1) is 7.11 Å². The maximum absolute atomic E-state index is 9.97. The minimum atomic E-state index is 0.345. The summed E-state index contributed by atoms with van der Waals surface area (Å²) in [6.45, 7) is 2.58. The molecule has 4 nitrogen and oxygen atoms in total. The van der Waals surface area contributed by atoms with Crippen LogP contribution < -0.4 is 10.5 Å². The second-order valence-corrected chi connectivity index (χ2v) is 5.19. The van der Waals surface area contributed by atoms with Crippen molar-refractivity contribution in [3.8, 4) is 11.5 Å². The van der Waals surface area contributed by atoms with Crippen LogP contribution >= 0.6 is 0 Å². The molecule has 0 spiro atoms. The maximum atomic E-state index is 9.97. The molecule has 1 aromatic carbocycles. The highest BCUT2D eigenvalue weighted by Crippen LogP contribution is 2.27. The van der Waals surface area contributed by atoms with Crippen LogP contribution in [0, 0.1) is 0 Å². The molecule has 0 aliphatic carbocycles. The molecule has 0 amide bonds. The number of nitrogens with two attached hydrogens (primary N) is 1. The summed E-state index contributed by atoms with van der Waals surface area (Å²) in [5.41, 5.74) is 6.63. The summed E-state index contributed by atoms with van der Waals surface area (Å²) in [7, 11) is 1.65. The maximum Gasteiger partial charge on any atom is 0.120 e. The van der Waals surface area contributed by atoms with E-state index >= 15 is 0 Å². The van der Waals surface area contributed by atoms with Gasteiger partial charge in [0.25, 0.3) is 0 Å². The highest BCUT2D eigenvalue weighted by molar-refractivity contribution is 5.39. The zero-order valence-corrected chi connectivity index (χ0v) is 11.6. The molecule has 0 aromatic heterocycles. The molecule has 1 aromatic rings. The average Bonchev–Trinajstić information content (AvgIpc) is 2.43. The Morgan fingerprint density at radius 3 is 3.00 bits per heavy atom. The van der Waals surface area contributed by atoms with Gasteiger partial charge in [-0.15, -0.1) is 0 Å². The van der Waals surface area contributed by atoms with Gasteiger partial charge in [-0.25, -0.2) is 0 Å². The standard InChI is InChI=1S/C15H24N2O2/c1-19-14-5-6-15(18)12(10-14)11-17-9-3-2-4-13(17)7-8-16/h5-6,10,13,18H,2-4,7-9,11,16H2,1H3. The molecule has 1 atom stereocenters. The van der Waals surface area contributed by atoms with Gasteiger partial charge in [-0.1, -0.05) is 6.42 Å². The van der Waals surface area contributed by atoms with Crippen molar-refractivity contribution in [1.82, 2.24) is 4.90 Å². The fourth-order valence-corrected chi connectivity index (χ4v) is 2.82. The van der Waals surface area contributed by atoms with Crippen molar-refractivity contribution in [1.29, 1.82) is 0 Å². The Labute approximate surface area is 115 Å². The first kappa shape index (κ1) is 14.2. The summed E-state index contributed by atoms with van der Waals surface area (Å²) in [6, 6.07) is 5.95. The topological polar surface area (TPSA) is 58.7 Å². The van der Waals surface area contributed by atoms with E-state index in [1.54, 1.807) is 19.2 Å². The molecule has 0 radical (unpaired) electrons. The quantitative estimate of drug-likeness (QED) is 0.855. The third kappa shape index (κ3) is 3.61. The molecule has 1 saturated heterocycles. The first-order valence-electron chi connectivity index (χ1n) is 7.04.